The maximum absolute atomic E-state index is 13.0. The van der Waals surface area contributed by atoms with E-state index in [2.05, 4.69) is 10.2 Å². The number of ether oxygens (including phenoxy) is 3. The van der Waals surface area contributed by atoms with E-state index in [9.17, 15) is 9.59 Å². The summed E-state index contributed by atoms with van der Waals surface area (Å²) in [5.74, 6) is 0.672. The molecule has 2 aromatic carbocycles. The van der Waals surface area contributed by atoms with Gasteiger partial charge in [-0.25, -0.2) is 0 Å². The number of benzene rings is 2. The second-order valence-corrected chi connectivity index (χ2v) is 7.84. The van der Waals surface area contributed by atoms with E-state index >= 15 is 0 Å². The summed E-state index contributed by atoms with van der Waals surface area (Å²) < 4.78 is 16.6. The molecular formula is C23H25N3O5. The van der Waals surface area contributed by atoms with Crippen LogP contribution in [0.5, 0.6) is 11.5 Å². The predicted molar refractivity (Wildman–Crippen MR) is 116 cm³/mol. The third kappa shape index (κ3) is 4.03. The van der Waals surface area contributed by atoms with Gasteiger partial charge in [-0.05, 0) is 24.3 Å². The highest BCUT2D eigenvalue weighted by molar-refractivity contribution is 6.04. The molecule has 3 aliphatic heterocycles. The Morgan fingerprint density at radius 1 is 0.968 bits per heavy atom. The number of fused-ring (bicyclic) bond motifs is 1. The highest BCUT2D eigenvalue weighted by Crippen LogP contribution is 2.36. The Bertz CT molecular complexity index is 989. The van der Waals surface area contributed by atoms with Crippen molar-refractivity contribution in [3.05, 3.63) is 42.5 Å². The van der Waals surface area contributed by atoms with Gasteiger partial charge in [0.2, 0.25) is 11.8 Å². The Hall–Kier alpha value is -3.26. The van der Waals surface area contributed by atoms with Gasteiger partial charge in [0, 0.05) is 37.8 Å². The van der Waals surface area contributed by atoms with E-state index in [1.807, 2.05) is 36.4 Å². The van der Waals surface area contributed by atoms with Crippen molar-refractivity contribution in [1.29, 1.82) is 0 Å². The van der Waals surface area contributed by atoms with Crippen molar-refractivity contribution in [3.8, 4) is 11.5 Å². The molecule has 162 valence electrons. The van der Waals surface area contributed by atoms with Crippen molar-refractivity contribution in [2.24, 2.45) is 5.92 Å². The van der Waals surface area contributed by atoms with Gasteiger partial charge in [0.05, 0.1) is 30.5 Å². The molecule has 8 nitrogen and oxygen atoms in total. The third-order valence-corrected chi connectivity index (χ3v) is 5.85. The lowest BCUT2D eigenvalue weighted by Gasteiger charge is -2.30. The molecule has 0 aliphatic carbocycles. The van der Waals surface area contributed by atoms with Gasteiger partial charge in [-0.2, -0.15) is 0 Å². The molecule has 0 saturated carbocycles. The average molecular weight is 423 g/mol. The van der Waals surface area contributed by atoms with Crippen LogP contribution in [0.1, 0.15) is 6.42 Å². The number of amides is 2. The molecule has 0 bridgehead atoms. The minimum atomic E-state index is -0.418. The SMILES string of the molecule is O=C(Nc1ccccc1N1CCOCC1)[C@H]1CC(=O)N(c2ccc3c(c2)OCCO3)C1. The molecule has 2 saturated heterocycles. The number of nitrogens with zero attached hydrogens (tertiary/aromatic N) is 2. The number of hydrogen-bond acceptors (Lipinski definition) is 6. The third-order valence-electron chi connectivity index (χ3n) is 5.85. The Morgan fingerprint density at radius 2 is 1.74 bits per heavy atom. The van der Waals surface area contributed by atoms with Crippen LogP contribution in [-0.4, -0.2) is 57.9 Å². The van der Waals surface area contributed by atoms with Crippen LogP contribution in [0.2, 0.25) is 0 Å². The number of anilines is 3. The van der Waals surface area contributed by atoms with Crippen molar-refractivity contribution in [1.82, 2.24) is 0 Å². The second kappa shape index (κ2) is 8.47. The van der Waals surface area contributed by atoms with Crippen molar-refractivity contribution in [2.75, 3.05) is 61.2 Å². The zero-order chi connectivity index (χ0) is 21.2. The summed E-state index contributed by atoms with van der Waals surface area (Å²) in [7, 11) is 0. The zero-order valence-electron chi connectivity index (χ0n) is 17.2. The van der Waals surface area contributed by atoms with E-state index in [1.165, 1.54) is 0 Å². The normalized spacial score (nSPS) is 20.6. The number of rotatable bonds is 4. The van der Waals surface area contributed by atoms with Gasteiger partial charge >= 0.3 is 0 Å². The van der Waals surface area contributed by atoms with Gasteiger partial charge in [-0.1, -0.05) is 12.1 Å². The van der Waals surface area contributed by atoms with E-state index < -0.39 is 5.92 Å². The molecule has 31 heavy (non-hydrogen) atoms. The summed E-state index contributed by atoms with van der Waals surface area (Å²) in [4.78, 5) is 29.6. The standard InChI is InChI=1S/C23H25N3O5/c27-22-13-16(15-26(22)17-5-6-20-21(14-17)31-12-11-30-20)23(28)24-18-3-1-2-4-19(18)25-7-9-29-10-8-25/h1-6,14,16H,7-13,15H2,(H,24,28)/t16-/m0/s1. The van der Waals surface area contributed by atoms with Gasteiger partial charge in [0.1, 0.15) is 13.2 Å². The zero-order valence-corrected chi connectivity index (χ0v) is 17.2. The molecule has 2 aromatic rings. The number of morpholine rings is 1. The quantitative estimate of drug-likeness (QED) is 0.813. The number of hydrogen-bond donors (Lipinski definition) is 1. The van der Waals surface area contributed by atoms with Crippen molar-refractivity contribution >= 4 is 28.9 Å². The van der Waals surface area contributed by atoms with Crippen LogP contribution in [0.25, 0.3) is 0 Å². The first-order valence-corrected chi connectivity index (χ1v) is 10.6. The lowest BCUT2D eigenvalue weighted by Crippen LogP contribution is -2.37. The molecule has 3 heterocycles. The fourth-order valence-corrected chi connectivity index (χ4v) is 4.23. The van der Waals surface area contributed by atoms with Crippen LogP contribution < -0.4 is 24.6 Å². The van der Waals surface area contributed by atoms with E-state index in [-0.39, 0.29) is 18.2 Å². The summed E-state index contributed by atoms with van der Waals surface area (Å²) in [5.41, 5.74) is 2.46. The number of carbonyl (C=O) groups excluding carboxylic acids is 2. The molecule has 0 spiro atoms. The first kappa shape index (κ1) is 19.7. The summed E-state index contributed by atoms with van der Waals surface area (Å²) >= 11 is 0. The number of nitrogens with one attached hydrogen (secondary N) is 1. The van der Waals surface area contributed by atoms with Crippen LogP contribution in [0, 0.1) is 5.92 Å². The Morgan fingerprint density at radius 3 is 2.58 bits per heavy atom. The maximum atomic E-state index is 13.0. The monoisotopic (exact) mass is 423 g/mol. The van der Waals surface area contributed by atoms with Crippen molar-refractivity contribution < 1.29 is 23.8 Å². The second-order valence-electron chi connectivity index (χ2n) is 7.84. The average Bonchev–Trinajstić information content (AvgIpc) is 3.21. The van der Waals surface area contributed by atoms with Gasteiger partial charge < -0.3 is 29.3 Å². The predicted octanol–water partition coefficient (Wildman–Crippen LogP) is 2.29. The first-order chi connectivity index (χ1) is 15.2. The van der Waals surface area contributed by atoms with E-state index in [0.717, 1.165) is 30.2 Å². The number of para-hydroxylation sites is 2. The molecular weight excluding hydrogens is 398 g/mol. The molecule has 1 N–H and O–H groups in total. The van der Waals surface area contributed by atoms with Crippen molar-refractivity contribution in [3.63, 3.8) is 0 Å². The number of carbonyl (C=O) groups is 2. The molecule has 2 amide bonds. The fraction of sp³-hybridized carbons (Fsp3) is 0.391. The minimum absolute atomic E-state index is 0.0710. The van der Waals surface area contributed by atoms with E-state index in [0.29, 0.717) is 44.5 Å². The largest absolute Gasteiger partial charge is 0.486 e. The molecule has 0 radical (unpaired) electrons. The van der Waals surface area contributed by atoms with Crippen LogP contribution >= 0.6 is 0 Å². The summed E-state index contributed by atoms with van der Waals surface area (Å²) in [6, 6.07) is 13.2. The molecule has 3 aliphatic rings. The minimum Gasteiger partial charge on any atom is -0.486 e. The molecule has 1 atom stereocenters. The van der Waals surface area contributed by atoms with Gasteiger partial charge in [0.15, 0.2) is 11.5 Å². The Labute approximate surface area is 180 Å². The summed E-state index contributed by atoms with van der Waals surface area (Å²) in [6.07, 6.45) is 0.181. The van der Waals surface area contributed by atoms with Crippen molar-refractivity contribution in [2.45, 2.75) is 6.42 Å². The van der Waals surface area contributed by atoms with E-state index in [1.54, 1.807) is 11.0 Å². The molecule has 8 heteroatoms. The Kier molecular flexibility index (Phi) is 5.38. The van der Waals surface area contributed by atoms with Crippen LogP contribution in [-0.2, 0) is 14.3 Å². The lowest BCUT2D eigenvalue weighted by atomic mass is 10.1. The fourth-order valence-electron chi connectivity index (χ4n) is 4.23. The molecule has 5 rings (SSSR count). The van der Waals surface area contributed by atoms with Crippen LogP contribution in [0.15, 0.2) is 42.5 Å². The summed E-state index contributed by atoms with van der Waals surface area (Å²) in [6.45, 7) is 4.25. The first-order valence-electron chi connectivity index (χ1n) is 10.6. The molecule has 2 fully saturated rings. The van der Waals surface area contributed by atoms with Gasteiger partial charge in [0.25, 0.3) is 0 Å². The molecule has 0 unspecified atom stereocenters. The smallest absolute Gasteiger partial charge is 0.229 e. The Balaban J connectivity index is 1.29. The van der Waals surface area contributed by atoms with Gasteiger partial charge in [-0.3, -0.25) is 9.59 Å². The van der Waals surface area contributed by atoms with Gasteiger partial charge in [-0.15, -0.1) is 0 Å². The topological polar surface area (TPSA) is 80.3 Å². The van der Waals surface area contributed by atoms with Crippen LogP contribution in [0.3, 0.4) is 0 Å². The van der Waals surface area contributed by atoms with Crippen LogP contribution in [0.4, 0.5) is 17.1 Å². The molecule has 0 aromatic heterocycles. The highest BCUT2D eigenvalue weighted by Gasteiger charge is 2.36. The van der Waals surface area contributed by atoms with E-state index in [4.69, 9.17) is 14.2 Å². The maximum Gasteiger partial charge on any atom is 0.229 e. The lowest BCUT2D eigenvalue weighted by molar-refractivity contribution is -0.122. The highest BCUT2D eigenvalue weighted by atomic mass is 16.6. The summed E-state index contributed by atoms with van der Waals surface area (Å²) in [5, 5.41) is 3.05.